The zero-order valence-corrected chi connectivity index (χ0v) is 16.4. The average molecular weight is 401 g/mol. The molecule has 3 rings (SSSR count). The van der Waals surface area contributed by atoms with Crippen molar-refractivity contribution >= 4 is 29.2 Å². The number of piperidine rings is 1. The van der Waals surface area contributed by atoms with E-state index in [0.29, 0.717) is 47.0 Å². The minimum Gasteiger partial charge on any atom is -0.366 e. The van der Waals surface area contributed by atoms with Crippen molar-refractivity contribution < 1.29 is 9.59 Å². The van der Waals surface area contributed by atoms with Crippen LogP contribution in [0.25, 0.3) is 0 Å². The first kappa shape index (κ1) is 19.7. The van der Waals surface area contributed by atoms with Crippen LogP contribution in [-0.4, -0.2) is 40.9 Å². The van der Waals surface area contributed by atoms with Crippen LogP contribution in [0.2, 0.25) is 5.15 Å². The maximum atomic E-state index is 12.6. The summed E-state index contributed by atoms with van der Waals surface area (Å²) in [5.41, 5.74) is 7.95. The Morgan fingerprint density at radius 1 is 1.36 bits per heavy atom. The summed E-state index contributed by atoms with van der Waals surface area (Å²) >= 11 is 5.99. The molecule has 0 saturated carbocycles. The number of carbonyl (C=O) groups is 2. The van der Waals surface area contributed by atoms with Crippen LogP contribution in [0, 0.1) is 25.2 Å². The fourth-order valence-corrected chi connectivity index (χ4v) is 3.65. The quantitative estimate of drug-likeness (QED) is 0.676. The summed E-state index contributed by atoms with van der Waals surface area (Å²) in [5.74, 6) is -0.168. The second-order valence-electron chi connectivity index (χ2n) is 6.87. The zero-order valence-electron chi connectivity index (χ0n) is 15.7. The minimum atomic E-state index is -0.555. The molecule has 2 aromatic rings. The van der Waals surface area contributed by atoms with E-state index < -0.39 is 5.91 Å². The monoisotopic (exact) mass is 400 g/mol. The number of pyridine rings is 1. The molecule has 4 N–H and O–H groups in total. The number of nitriles is 1. The fourth-order valence-electron chi connectivity index (χ4n) is 3.44. The Morgan fingerprint density at radius 3 is 2.61 bits per heavy atom. The number of carbonyl (C=O) groups excluding carboxylic acids is 2. The van der Waals surface area contributed by atoms with Gasteiger partial charge in [-0.3, -0.25) is 9.59 Å². The number of aryl methyl sites for hydroxylation is 1. The summed E-state index contributed by atoms with van der Waals surface area (Å²) in [6, 6.07) is 5.19. The number of H-pyrrole nitrogens is 1. The number of nitrogens with two attached hydrogens (primary N) is 1. The molecule has 28 heavy (non-hydrogen) atoms. The third-order valence-corrected chi connectivity index (χ3v) is 5.19. The van der Waals surface area contributed by atoms with Crippen molar-refractivity contribution in [1.82, 2.24) is 15.3 Å². The molecule has 0 aliphatic carbocycles. The van der Waals surface area contributed by atoms with Crippen LogP contribution in [-0.2, 0) is 0 Å². The molecule has 0 atom stereocenters. The Bertz CT molecular complexity index is 970. The molecule has 3 heterocycles. The van der Waals surface area contributed by atoms with Gasteiger partial charge in [-0.25, -0.2) is 4.98 Å². The van der Waals surface area contributed by atoms with E-state index in [-0.39, 0.29) is 17.1 Å². The summed E-state index contributed by atoms with van der Waals surface area (Å²) in [7, 11) is 0. The molecule has 1 fully saturated rings. The molecule has 146 valence electrons. The number of amides is 2. The fraction of sp³-hybridized carbons (Fsp3) is 0.368. The van der Waals surface area contributed by atoms with E-state index in [1.165, 1.54) is 6.07 Å². The van der Waals surface area contributed by atoms with Crippen LogP contribution in [0.3, 0.4) is 0 Å². The number of nitrogens with one attached hydrogen (secondary N) is 2. The number of hydrogen-bond acceptors (Lipinski definition) is 5. The van der Waals surface area contributed by atoms with Gasteiger partial charge in [-0.1, -0.05) is 11.6 Å². The topological polar surface area (TPSA) is 128 Å². The van der Waals surface area contributed by atoms with E-state index in [0.717, 1.165) is 12.8 Å². The van der Waals surface area contributed by atoms with Gasteiger partial charge in [0.05, 0.1) is 5.56 Å². The van der Waals surface area contributed by atoms with Crippen LogP contribution in [0.5, 0.6) is 0 Å². The van der Waals surface area contributed by atoms with Gasteiger partial charge in [0.1, 0.15) is 22.7 Å². The smallest absolute Gasteiger partial charge is 0.268 e. The molecule has 0 aromatic carbocycles. The highest BCUT2D eigenvalue weighted by atomic mass is 35.5. The van der Waals surface area contributed by atoms with Gasteiger partial charge in [0.25, 0.3) is 5.91 Å². The number of nitrogens with zero attached hydrogens (tertiary/aromatic N) is 3. The average Bonchev–Trinajstić information content (AvgIpc) is 2.95. The second kappa shape index (κ2) is 7.90. The van der Waals surface area contributed by atoms with Crippen molar-refractivity contribution in [1.29, 1.82) is 5.26 Å². The molecule has 0 unspecified atom stereocenters. The lowest BCUT2D eigenvalue weighted by atomic mass is 10.0. The Hall–Kier alpha value is -3.05. The van der Waals surface area contributed by atoms with Crippen molar-refractivity contribution in [3.63, 3.8) is 0 Å². The Balaban J connectivity index is 1.64. The van der Waals surface area contributed by atoms with Gasteiger partial charge in [0.2, 0.25) is 5.91 Å². The molecule has 0 radical (unpaired) electrons. The van der Waals surface area contributed by atoms with E-state index >= 15 is 0 Å². The molecular formula is C19H21ClN6O2. The number of rotatable bonds is 4. The largest absolute Gasteiger partial charge is 0.366 e. The minimum absolute atomic E-state index is 0.00656. The second-order valence-corrected chi connectivity index (χ2v) is 7.26. The van der Waals surface area contributed by atoms with Crippen molar-refractivity contribution in [3.05, 3.63) is 45.4 Å². The number of halogens is 1. The van der Waals surface area contributed by atoms with E-state index in [1.54, 1.807) is 19.9 Å². The SMILES string of the molecule is Cc1[nH]c(C(=O)NC2CCN(c3cc(C(N)=O)cc(Cl)n3)CC2)c(C)c1C#N. The lowest BCUT2D eigenvalue weighted by Gasteiger charge is -2.33. The molecule has 1 saturated heterocycles. The van der Waals surface area contributed by atoms with Gasteiger partial charge < -0.3 is 20.9 Å². The maximum Gasteiger partial charge on any atom is 0.268 e. The van der Waals surface area contributed by atoms with Crippen LogP contribution in [0.15, 0.2) is 12.1 Å². The van der Waals surface area contributed by atoms with E-state index in [1.807, 2.05) is 4.90 Å². The molecule has 8 nitrogen and oxygen atoms in total. The van der Waals surface area contributed by atoms with Gasteiger partial charge in [-0.05, 0) is 44.4 Å². The molecular weight excluding hydrogens is 380 g/mol. The standard InChI is InChI=1S/C19H21ClN6O2/c1-10-14(9-21)11(2)23-17(10)19(28)24-13-3-5-26(6-4-13)16-8-12(18(22)27)7-15(20)25-16/h7-8,13,23H,3-6H2,1-2H3,(H2,22,27)(H,24,28). The summed E-state index contributed by atoms with van der Waals surface area (Å²) in [6.45, 7) is 4.85. The third kappa shape index (κ3) is 3.94. The highest BCUT2D eigenvalue weighted by Crippen LogP contribution is 2.23. The normalized spacial score (nSPS) is 14.6. The highest BCUT2D eigenvalue weighted by Gasteiger charge is 2.25. The molecule has 9 heteroatoms. The summed E-state index contributed by atoms with van der Waals surface area (Å²) < 4.78 is 0. The molecule has 2 amide bonds. The molecule has 1 aliphatic heterocycles. The van der Waals surface area contributed by atoms with E-state index in [4.69, 9.17) is 17.3 Å². The Labute approximate surface area is 167 Å². The van der Waals surface area contributed by atoms with Crippen LogP contribution < -0.4 is 16.0 Å². The zero-order chi connectivity index (χ0) is 20.4. The summed E-state index contributed by atoms with van der Waals surface area (Å²) in [5, 5.41) is 12.4. The van der Waals surface area contributed by atoms with Crippen molar-refractivity contribution in [2.45, 2.75) is 32.7 Å². The summed E-state index contributed by atoms with van der Waals surface area (Å²) in [6.07, 6.45) is 1.44. The first-order chi connectivity index (χ1) is 13.3. The maximum absolute atomic E-state index is 12.6. The Kier molecular flexibility index (Phi) is 5.56. The predicted octanol–water partition coefficient (Wildman–Crippen LogP) is 2.05. The first-order valence-corrected chi connectivity index (χ1v) is 9.30. The number of aromatic amines is 1. The van der Waals surface area contributed by atoms with Crippen LogP contribution in [0.4, 0.5) is 5.82 Å². The lowest BCUT2D eigenvalue weighted by molar-refractivity contribution is 0.0924. The summed E-state index contributed by atoms with van der Waals surface area (Å²) in [4.78, 5) is 33.3. The van der Waals surface area contributed by atoms with E-state index in [9.17, 15) is 14.9 Å². The number of anilines is 1. The van der Waals surface area contributed by atoms with Crippen LogP contribution >= 0.6 is 11.6 Å². The van der Waals surface area contributed by atoms with Gasteiger partial charge in [-0.2, -0.15) is 5.26 Å². The first-order valence-electron chi connectivity index (χ1n) is 8.92. The number of hydrogen-bond donors (Lipinski definition) is 3. The van der Waals surface area contributed by atoms with Gasteiger partial charge in [0.15, 0.2) is 0 Å². The molecule has 1 aliphatic rings. The van der Waals surface area contributed by atoms with E-state index in [2.05, 4.69) is 21.4 Å². The molecule has 0 spiro atoms. The molecule has 2 aromatic heterocycles. The number of aromatic nitrogens is 2. The van der Waals surface area contributed by atoms with Crippen LogP contribution in [0.1, 0.15) is 50.5 Å². The predicted molar refractivity (Wildman–Crippen MR) is 105 cm³/mol. The Morgan fingerprint density at radius 2 is 2.04 bits per heavy atom. The highest BCUT2D eigenvalue weighted by molar-refractivity contribution is 6.29. The third-order valence-electron chi connectivity index (χ3n) is 5.00. The van der Waals surface area contributed by atoms with Crippen molar-refractivity contribution in [2.24, 2.45) is 5.73 Å². The molecule has 0 bridgehead atoms. The van der Waals surface area contributed by atoms with Gasteiger partial charge in [0, 0.05) is 30.4 Å². The van der Waals surface area contributed by atoms with Gasteiger partial charge in [-0.15, -0.1) is 0 Å². The number of primary amides is 1. The van der Waals surface area contributed by atoms with Crippen molar-refractivity contribution in [2.75, 3.05) is 18.0 Å². The lowest BCUT2D eigenvalue weighted by Crippen LogP contribution is -2.45. The van der Waals surface area contributed by atoms with Crippen molar-refractivity contribution in [3.8, 4) is 6.07 Å². The van der Waals surface area contributed by atoms with Gasteiger partial charge >= 0.3 is 0 Å².